The average Bonchev–Trinajstić information content (AvgIpc) is 2.39. The van der Waals surface area contributed by atoms with Crippen molar-refractivity contribution in [2.75, 3.05) is 0 Å². The first-order valence-corrected chi connectivity index (χ1v) is 5.11. The van der Waals surface area contributed by atoms with E-state index in [2.05, 4.69) is 83.0 Å². The van der Waals surface area contributed by atoms with E-state index in [1.165, 1.54) is 0 Å². The molecule has 18 heavy (non-hydrogen) atoms. The zero-order chi connectivity index (χ0) is 14.2. The van der Waals surface area contributed by atoms with Crippen LogP contribution in [0.3, 0.4) is 0 Å². The van der Waals surface area contributed by atoms with Crippen molar-refractivity contribution in [3.63, 3.8) is 0 Å². The van der Waals surface area contributed by atoms with Crippen LogP contribution in [0.2, 0.25) is 1.41 Å². The molecule has 1 N–H and O–H groups in total. The topological polar surface area (TPSA) is 12.0 Å². The second-order valence-corrected chi connectivity index (χ2v) is 2.43. The maximum absolute atomic E-state index is 6.91. The van der Waals surface area contributed by atoms with Crippen molar-refractivity contribution < 1.29 is 1.41 Å². The lowest BCUT2D eigenvalue weighted by molar-refractivity contribution is 1.61. The van der Waals surface area contributed by atoms with E-state index in [0.29, 0.717) is 0 Å². The van der Waals surface area contributed by atoms with E-state index < -0.39 is 0 Å². The quantitative estimate of drug-likeness (QED) is 0.223. The van der Waals surface area contributed by atoms with Crippen LogP contribution in [0.15, 0.2) is 0 Å². The number of rotatable bonds is 0. The molecule has 0 bridgehead atoms. The summed E-state index contributed by atoms with van der Waals surface area (Å²) in [5, 5.41) is 0. The molecular formula is C16HIN-. The highest BCUT2D eigenvalue weighted by molar-refractivity contribution is 14.1. The summed E-state index contributed by atoms with van der Waals surface area (Å²) in [6.45, 7) is 0. The van der Waals surface area contributed by atoms with Gasteiger partial charge in [0.15, 0.2) is 1.41 Å². The Bertz CT molecular complexity index is 794. The van der Waals surface area contributed by atoms with E-state index in [9.17, 15) is 0 Å². The lowest BCUT2D eigenvalue weighted by Gasteiger charge is -1.65. The summed E-state index contributed by atoms with van der Waals surface area (Å²) in [6.07, 6.45) is 6.48. The third kappa shape index (κ3) is 13.0. The van der Waals surface area contributed by atoms with E-state index in [-0.39, 0.29) is 0 Å². The predicted molar refractivity (Wildman–Crippen MR) is 78.7 cm³/mol. The van der Waals surface area contributed by atoms with Crippen LogP contribution in [-0.2, 0) is 0 Å². The number of hydrogen-bond donors (Lipinski definition) is 1. The second kappa shape index (κ2) is 14.0. The normalized spacial score (nSPS) is 4.78. The molecule has 0 aromatic rings. The standard InChI is InChI=1S/C16HIN/c1-2-3-4-5-6-7-8-9-10-11-12-13-14-15-16-18-17/h18H/q-1/i/hT. The highest BCUT2D eigenvalue weighted by Crippen LogP contribution is 1.60. The third-order valence-corrected chi connectivity index (χ3v) is 1.15. The molecule has 0 amide bonds. The van der Waals surface area contributed by atoms with Gasteiger partial charge in [0.25, 0.3) is 0 Å². The molecule has 0 saturated carbocycles. The van der Waals surface area contributed by atoms with Gasteiger partial charge in [0.05, 0.1) is 22.9 Å². The van der Waals surface area contributed by atoms with Crippen LogP contribution in [0.5, 0.6) is 0 Å². The molecule has 0 fully saturated rings. The fraction of sp³-hybridized carbons (Fsp3) is 0. The van der Waals surface area contributed by atoms with Crippen LogP contribution in [0.1, 0.15) is 0 Å². The smallest absolute Gasteiger partial charge is 0.183 e. The minimum absolute atomic E-state index is 0.917. The van der Waals surface area contributed by atoms with Crippen LogP contribution in [-0.4, -0.2) is 0 Å². The molecule has 0 spiro atoms. The first-order valence-electron chi connectivity index (χ1n) is 4.59. The minimum atomic E-state index is 0.917. The maximum Gasteiger partial charge on any atom is 0.183 e. The summed E-state index contributed by atoms with van der Waals surface area (Å²) in [7, 11) is 0. The van der Waals surface area contributed by atoms with Crippen LogP contribution >= 0.6 is 22.9 Å². The van der Waals surface area contributed by atoms with Crippen molar-refractivity contribution >= 4 is 22.9 Å². The van der Waals surface area contributed by atoms with Gasteiger partial charge in [0.2, 0.25) is 0 Å². The van der Waals surface area contributed by atoms with E-state index in [4.69, 9.17) is 7.84 Å². The lowest BCUT2D eigenvalue weighted by Crippen LogP contribution is -1.77. The Morgan fingerprint density at radius 2 is 1.00 bits per heavy atom. The molecule has 0 radical (unpaired) electrons. The highest BCUT2D eigenvalue weighted by Gasteiger charge is 1.57. The molecule has 1 nitrogen and oxygen atoms in total. The number of hydrogen-bond acceptors (Lipinski definition) is 1. The third-order valence-electron chi connectivity index (χ3n) is 0.911. The molecule has 0 saturated heterocycles. The van der Waals surface area contributed by atoms with Crippen LogP contribution in [0.4, 0.5) is 0 Å². The van der Waals surface area contributed by atoms with Gasteiger partial charge in [-0.05, 0) is 35.5 Å². The molecule has 0 aliphatic heterocycles. The number of nitrogens with one attached hydrogen (secondary N) is 1. The Morgan fingerprint density at radius 3 is 1.33 bits per heavy atom. The van der Waals surface area contributed by atoms with Crippen molar-refractivity contribution in [2.24, 2.45) is 0 Å². The largest absolute Gasteiger partial charge is 0.358 e. The molecule has 0 aliphatic carbocycles. The number of halogens is 1. The van der Waals surface area contributed by atoms with E-state index in [0.717, 1.165) is 3.52 Å². The summed E-state index contributed by atoms with van der Waals surface area (Å²) in [6, 6.07) is 2.38. The van der Waals surface area contributed by atoms with Gasteiger partial charge >= 0.3 is 0 Å². The maximum atomic E-state index is 6.91. The van der Waals surface area contributed by atoms with Gasteiger partial charge in [-0.15, -0.1) is 5.92 Å². The molecule has 0 aliphatic rings. The summed E-state index contributed by atoms with van der Waals surface area (Å²) in [5.74, 6) is 33.2. The SMILES string of the molecule is [3H]N(I)C#CC#CC#CC#CC#CC#CC#CC#[C-]. The molecule has 0 aromatic heterocycles. The fourth-order valence-corrected chi connectivity index (χ4v) is 0.545. The van der Waals surface area contributed by atoms with E-state index in [1.807, 2.05) is 5.92 Å². The van der Waals surface area contributed by atoms with Crippen molar-refractivity contribution in [1.82, 2.24) is 3.52 Å². The summed E-state index contributed by atoms with van der Waals surface area (Å²) in [5.41, 5.74) is 0. The first-order chi connectivity index (χ1) is 9.27. The van der Waals surface area contributed by atoms with Crippen LogP contribution < -0.4 is 3.52 Å². The Morgan fingerprint density at radius 1 is 0.667 bits per heavy atom. The van der Waals surface area contributed by atoms with Gasteiger partial charge in [0.1, 0.15) is 0 Å². The average molecular weight is 336 g/mol. The Kier molecular flexibility index (Phi) is 10.2. The monoisotopic (exact) mass is 336 g/mol. The van der Waals surface area contributed by atoms with Crippen molar-refractivity contribution in [1.29, 1.82) is 0 Å². The second-order valence-electron chi connectivity index (χ2n) is 1.95. The minimum Gasteiger partial charge on any atom is -0.358 e. The predicted octanol–water partition coefficient (Wildman–Crippen LogP) is 0.497. The summed E-state index contributed by atoms with van der Waals surface area (Å²) in [4.78, 5) is 0. The summed E-state index contributed by atoms with van der Waals surface area (Å²) < 4.78 is 7.83. The van der Waals surface area contributed by atoms with Crippen LogP contribution in [0.25, 0.3) is 0 Å². The highest BCUT2D eigenvalue weighted by atomic mass is 127. The van der Waals surface area contributed by atoms with Gasteiger partial charge < -0.3 is 6.42 Å². The van der Waals surface area contributed by atoms with Gasteiger partial charge in [-0.25, -0.2) is 5.92 Å². The zero-order valence-corrected chi connectivity index (χ0v) is 11.0. The Balaban J connectivity index is 4.29. The molecule has 0 unspecified atom stereocenters. The molecule has 0 aromatic carbocycles. The molecule has 2 heteroatoms. The van der Waals surface area contributed by atoms with Crippen LogP contribution in [0, 0.1) is 95.4 Å². The molecule has 0 atom stereocenters. The fourth-order valence-electron chi connectivity index (χ4n) is 0.424. The van der Waals surface area contributed by atoms with Crippen molar-refractivity contribution in [3.8, 4) is 88.9 Å². The van der Waals surface area contributed by atoms with Gasteiger partial charge in [0, 0.05) is 35.6 Å². The Labute approximate surface area is 123 Å². The lowest BCUT2D eigenvalue weighted by atomic mass is 10.5. The molecule has 0 heterocycles. The Hall–Kier alpha value is -2.99. The van der Waals surface area contributed by atoms with E-state index >= 15 is 0 Å². The van der Waals surface area contributed by atoms with Crippen molar-refractivity contribution in [3.05, 3.63) is 6.42 Å². The van der Waals surface area contributed by atoms with Crippen molar-refractivity contribution in [2.45, 2.75) is 0 Å². The molecule has 0 rings (SSSR count). The van der Waals surface area contributed by atoms with Gasteiger partial charge in [-0.1, -0.05) is 0 Å². The molecular weight excluding hydrogens is 333 g/mol. The molecule has 78 valence electrons. The van der Waals surface area contributed by atoms with Gasteiger partial charge in [-0.2, -0.15) is 0 Å². The zero-order valence-electron chi connectivity index (χ0n) is 9.83. The van der Waals surface area contributed by atoms with E-state index in [1.54, 1.807) is 22.9 Å². The first kappa shape index (κ1) is 13.1. The van der Waals surface area contributed by atoms with Gasteiger partial charge in [-0.3, -0.25) is 9.44 Å². The summed E-state index contributed by atoms with van der Waals surface area (Å²) >= 11 is 1.69.